The molecular formula is C20H26N6O. The Morgan fingerprint density at radius 3 is 2.89 bits per heavy atom. The summed E-state index contributed by atoms with van der Waals surface area (Å²) >= 11 is 0. The van der Waals surface area contributed by atoms with Crippen LogP contribution in [-0.2, 0) is 17.8 Å². The quantitative estimate of drug-likeness (QED) is 0.661. The van der Waals surface area contributed by atoms with Crippen molar-refractivity contribution < 1.29 is 4.74 Å². The third kappa shape index (κ3) is 4.61. The first-order valence-corrected chi connectivity index (χ1v) is 9.53. The first kappa shape index (κ1) is 17.9. The summed E-state index contributed by atoms with van der Waals surface area (Å²) in [6, 6.07) is 8.22. The maximum Gasteiger partial charge on any atom is 0.222 e. The third-order valence-corrected chi connectivity index (χ3v) is 4.92. The van der Waals surface area contributed by atoms with Gasteiger partial charge in [0, 0.05) is 50.7 Å². The molecule has 0 amide bonds. The van der Waals surface area contributed by atoms with Crippen molar-refractivity contribution in [1.29, 1.82) is 0 Å². The topological polar surface area (TPSA) is 68.1 Å². The standard InChI is InChI=1S/C20H26N6O/c1-25(8-9-26-15-24-18-6-2-3-7-19(18)26)14-16-11-21-20(22-12-16)23-13-17-5-4-10-27-17/h2-3,6-7,11-12,15,17H,4-5,8-10,13-14H2,1H3,(H,21,22,23). The highest BCUT2D eigenvalue weighted by Gasteiger charge is 2.15. The predicted octanol–water partition coefficient (Wildman–Crippen LogP) is 2.55. The van der Waals surface area contributed by atoms with Gasteiger partial charge in [0.15, 0.2) is 0 Å². The van der Waals surface area contributed by atoms with E-state index in [0.29, 0.717) is 12.1 Å². The number of ether oxygens (including phenoxy) is 1. The zero-order valence-electron chi connectivity index (χ0n) is 15.7. The highest BCUT2D eigenvalue weighted by Crippen LogP contribution is 2.13. The van der Waals surface area contributed by atoms with Gasteiger partial charge in [-0.1, -0.05) is 12.1 Å². The van der Waals surface area contributed by atoms with E-state index in [-0.39, 0.29) is 0 Å². The minimum Gasteiger partial charge on any atom is -0.376 e. The normalized spacial score (nSPS) is 17.0. The molecule has 7 heteroatoms. The molecule has 4 rings (SSSR count). The first-order chi connectivity index (χ1) is 13.3. The highest BCUT2D eigenvalue weighted by atomic mass is 16.5. The largest absolute Gasteiger partial charge is 0.376 e. The number of nitrogens with one attached hydrogen (secondary N) is 1. The molecule has 0 saturated carbocycles. The van der Waals surface area contributed by atoms with E-state index >= 15 is 0 Å². The number of aromatic nitrogens is 4. The number of nitrogens with zero attached hydrogens (tertiary/aromatic N) is 5. The molecule has 27 heavy (non-hydrogen) atoms. The average molecular weight is 366 g/mol. The van der Waals surface area contributed by atoms with Crippen LogP contribution in [0, 0.1) is 0 Å². The van der Waals surface area contributed by atoms with Gasteiger partial charge in [-0.05, 0) is 32.0 Å². The van der Waals surface area contributed by atoms with Crippen molar-refractivity contribution in [1.82, 2.24) is 24.4 Å². The molecule has 3 aromatic rings. The van der Waals surface area contributed by atoms with E-state index < -0.39 is 0 Å². The Morgan fingerprint density at radius 2 is 2.07 bits per heavy atom. The molecule has 0 spiro atoms. The summed E-state index contributed by atoms with van der Waals surface area (Å²) in [4.78, 5) is 15.6. The van der Waals surface area contributed by atoms with Gasteiger partial charge in [-0.3, -0.25) is 0 Å². The maximum absolute atomic E-state index is 5.60. The van der Waals surface area contributed by atoms with Gasteiger partial charge in [-0.2, -0.15) is 0 Å². The number of benzene rings is 1. The molecule has 3 heterocycles. The van der Waals surface area contributed by atoms with E-state index in [9.17, 15) is 0 Å². The lowest BCUT2D eigenvalue weighted by Gasteiger charge is -2.17. The lowest BCUT2D eigenvalue weighted by molar-refractivity contribution is 0.120. The number of imidazole rings is 1. The SMILES string of the molecule is CN(CCn1cnc2ccccc21)Cc1cnc(NCC2CCCO2)nc1. The molecule has 142 valence electrons. The summed E-state index contributed by atoms with van der Waals surface area (Å²) in [6.45, 7) is 4.29. The molecule has 1 aliphatic heterocycles. The van der Waals surface area contributed by atoms with Gasteiger partial charge >= 0.3 is 0 Å². The second-order valence-corrected chi connectivity index (χ2v) is 7.10. The number of rotatable bonds is 8. The highest BCUT2D eigenvalue weighted by molar-refractivity contribution is 5.74. The van der Waals surface area contributed by atoms with Crippen LogP contribution in [0.15, 0.2) is 43.0 Å². The zero-order chi connectivity index (χ0) is 18.5. The molecule has 7 nitrogen and oxygen atoms in total. The van der Waals surface area contributed by atoms with Crippen molar-refractivity contribution in [3.8, 4) is 0 Å². The van der Waals surface area contributed by atoms with Crippen LogP contribution in [0.2, 0.25) is 0 Å². The maximum atomic E-state index is 5.60. The number of para-hydroxylation sites is 2. The number of hydrogen-bond donors (Lipinski definition) is 1. The Morgan fingerprint density at radius 1 is 1.22 bits per heavy atom. The average Bonchev–Trinajstić information content (AvgIpc) is 3.36. The smallest absolute Gasteiger partial charge is 0.222 e. The van der Waals surface area contributed by atoms with Crippen LogP contribution in [0.3, 0.4) is 0 Å². The summed E-state index contributed by atoms with van der Waals surface area (Å²) in [5, 5.41) is 3.26. The molecule has 0 radical (unpaired) electrons. The minimum atomic E-state index is 0.290. The van der Waals surface area contributed by atoms with Crippen LogP contribution in [-0.4, -0.2) is 57.3 Å². The van der Waals surface area contributed by atoms with Crippen molar-refractivity contribution in [2.45, 2.75) is 32.0 Å². The Labute approximate surface area is 159 Å². The third-order valence-electron chi connectivity index (χ3n) is 4.92. The van der Waals surface area contributed by atoms with Gasteiger partial charge in [0.2, 0.25) is 5.95 Å². The van der Waals surface area contributed by atoms with Gasteiger partial charge < -0.3 is 19.5 Å². The van der Waals surface area contributed by atoms with Crippen molar-refractivity contribution in [3.05, 3.63) is 48.5 Å². The van der Waals surface area contributed by atoms with Gasteiger partial charge in [0.1, 0.15) is 0 Å². The monoisotopic (exact) mass is 366 g/mol. The molecule has 1 N–H and O–H groups in total. The van der Waals surface area contributed by atoms with Crippen LogP contribution >= 0.6 is 0 Å². The predicted molar refractivity (Wildman–Crippen MR) is 106 cm³/mol. The molecule has 1 unspecified atom stereocenters. The fourth-order valence-electron chi connectivity index (χ4n) is 3.40. The second-order valence-electron chi connectivity index (χ2n) is 7.10. The van der Waals surface area contributed by atoms with Crippen molar-refractivity contribution >= 4 is 17.0 Å². The number of hydrogen-bond acceptors (Lipinski definition) is 6. The zero-order valence-corrected chi connectivity index (χ0v) is 15.7. The summed E-state index contributed by atoms with van der Waals surface area (Å²) in [6.07, 6.45) is 8.26. The van der Waals surface area contributed by atoms with Crippen molar-refractivity contribution in [3.63, 3.8) is 0 Å². The van der Waals surface area contributed by atoms with E-state index in [2.05, 4.69) is 48.9 Å². The lowest BCUT2D eigenvalue weighted by Crippen LogP contribution is -2.23. The number of likely N-dealkylation sites (N-methyl/N-ethyl adjacent to an activating group) is 1. The summed E-state index contributed by atoms with van der Waals surface area (Å²) < 4.78 is 7.80. The Balaban J connectivity index is 1.25. The second kappa shape index (κ2) is 8.45. The van der Waals surface area contributed by atoms with E-state index in [1.165, 1.54) is 5.52 Å². The first-order valence-electron chi connectivity index (χ1n) is 9.53. The molecule has 2 aromatic heterocycles. The summed E-state index contributed by atoms with van der Waals surface area (Å²) in [5.74, 6) is 0.668. The van der Waals surface area contributed by atoms with Gasteiger partial charge in [0.25, 0.3) is 0 Å². The van der Waals surface area contributed by atoms with E-state index in [1.54, 1.807) is 0 Å². The fourth-order valence-corrected chi connectivity index (χ4v) is 3.40. The summed E-state index contributed by atoms with van der Waals surface area (Å²) in [5.41, 5.74) is 3.33. The van der Waals surface area contributed by atoms with Crippen LogP contribution in [0.4, 0.5) is 5.95 Å². The van der Waals surface area contributed by atoms with E-state index in [0.717, 1.165) is 56.7 Å². The molecule has 0 aliphatic carbocycles. The number of fused-ring (bicyclic) bond motifs is 1. The molecule has 1 aliphatic rings. The van der Waals surface area contributed by atoms with Gasteiger partial charge in [-0.15, -0.1) is 0 Å². The Bertz CT molecular complexity index is 856. The Kier molecular flexibility index (Phi) is 5.60. The molecule has 1 aromatic carbocycles. The number of anilines is 1. The molecule has 1 saturated heterocycles. The van der Waals surface area contributed by atoms with Gasteiger partial charge in [-0.25, -0.2) is 15.0 Å². The molecule has 0 bridgehead atoms. The van der Waals surface area contributed by atoms with E-state index in [1.807, 2.05) is 30.9 Å². The van der Waals surface area contributed by atoms with Crippen LogP contribution in [0.1, 0.15) is 18.4 Å². The lowest BCUT2D eigenvalue weighted by atomic mass is 10.2. The molecule has 1 atom stereocenters. The van der Waals surface area contributed by atoms with Crippen LogP contribution in [0.5, 0.6) is 0 Å². The molecule has 1 fully saturated rings. The van der Waals surface area contributed by atoms with Crippen LogP contribution in [0.25, 0.3) is 11.0 Å². The van der Waals surface area contributed by atoms with E-state index in [4.69, 9.17) is 4.74 Å². The van der Waals surface area contributed by atoms with Crippen molar-refractivity contribution in [2.24, 2.45) is 0 Å². The Hall–Kier alpha value is -2.51. The summed E-state index contributed by atoms with van der Waals surface area (Å²) in [7, 11) is 2.11. The fraction of sp³-hybridized carbons (Fsp3) is 0.450. The van der Waals surface area contributed by atoms with Crippen molar-refractivity contribution in [2.75, 3.05) is 32.1 Å². The molecular weight excluding hydrogens is 340 g/mol. The van der Waals surface area contributed by atoms with Gasteiger partial charge in [0.05, 0.1) is 23.5 Å². The minimum absolute atomic E-state index is 0.290. The van der Waals surface area contributed by atoms with Crippen LogP contribution < -0.4 is 5.32 Å².